The van der Waals surface area contributed by atoms with Gasteiger partial charge >= 0.3 is 0 Å². The van der Waals surface area contributed by atoms with Crippen LogP contribution >= 0.6 is 11.3 Å². The van der Waals surface area contributed by atoms with Crippen LogP contribution in [0.1, 0.15) is 23.1 Å². The Labute approximate surface area is 162 Å². The van der Waals surface area contributed by atoms with E-state index in [0.29, 0.717) is 23.0 Å². The molecular formula is C18H16N6O3S. The fourth-order valence-corrected chi connectivity index (χ4v) is 3.59. The van der Waals surface area contributed by atoms with E-state index in [-0.39, 0.29) is 17.7 Å². The summed E-state index contributed by atoms with van der Waals surface area (Å²) in [6.07, 6.45) is 3.65. The van der Waals surface area contributed by atoms with Crippen LogP contribution < -0.4 is 16.4 Å². The largest absolute Gasteiger partial charge is 0.297 e. The highest BCUT2D eigenvalue weighted by molar-refractivity contribution is 7.15. The molecule has 0 bridgehead atoms. The number of carbonyl (C=O) groups excluding carboxylic acids is 2. The molecular weight excluding hydrogens is 380 g/mol. The number of nitrogens with zero attached hydrogens (tertiary/aromatic N) is 4. The van der Waals surface area contributed by atoms with Crippen LogP contribution in [0, 0.1) is 0 Å². The van der Waals surface area contributed by atoms with E-state index in [1.165, 1.54) is 16.0 Å². The number of imidazole rings is 1. The molecule has 3 aromatic heterocycles. The number of aromatic nitrogens is 4. The molecule has 0 spiro atoms. The van der Waals surface area contributed by atoms with Crippen molar-refractivity contribution in [2.45, 2.75) is 19.9 Å². The number of hydrogen-bond donors (Lipinski definition) is 2. The number of aryl methyl sites for hydroxylation is 1. The third-order valence-corrected chi connectivity index (χ3v) is 4.95. The first-order valence-electron chi connectivity index (χ1n) is 8.57. The third kappa shape index (κ3) is 3.25. The summed E-state index contributed by atoms with van der Waals surface area (Å²) >= 11 is 1.47. The molecule has 3 heterocycles. The summed E-state index contributed by atoms with van der Waals surface area (Å²) in [5, 5.41) is 6.86. The lowest BCUT2D eigenvalue weighted by Crippen LogP contribution is -2.43. The van der Waals surface area contributed by atoms with Gasteiger partial charge < -0.3 is 0 Å². The molecule has 0 aliphatic carbocycles. The molecule has 10 heteroatoms. The van der Waals surface area contributed by atoms with Crippen LogP contribution in [0.2, 0.25) is 0 Å². The van der Waals surface area contributed by atoms with E-state index in [1.54, 1.807) is 37.4 Å². The molecule has 0 radical (unpaired) electrons. The number of benzene rings is 1. The highest BCUT2D eigenvalue weighted by atomic mass is 32.1. The second-order valence-electron chi connectivity index (χ2n) is 6.02. The molecule has 2 N–H and O–H groups in total. The average molecular weight is 396 g/mol. The molecule has 0 saturated heterocycles. The van der Waals surface area contributed by atoms with Crippen molar-refractivity contribution in [1.29, 1.82) is 0 Å². The van der Waals surface area contributed by atoms with E-state index < -0.39 is 11.8 Å². The van der Waals surface area contributed by atoms with Gasteiger partial charge in [-0.1, -0.05) is 18.2 Å². The minimum Gasteiger partial charge on any atom is -0.297 e. The summed E-state index contributed by atoms with van der Waals surface area (Å²) in [6, 6.07) is 6.74. The van der Waals surface area contributed by atoms with Gasteiger partial charge in [-0.15, -0.1) is 11.3 Å². The predicted octanol–water partition coefficient (Wildman–Crippen LogP) is 1.13. The number of fused-ring (bicyclic) bond motifs is 2. The summed E-state index contributed by atoms with van der Waals surface area (Å²) in [4.78, 5) is 42.2. The molecule has 4 aromatic rings. The van der Waals surface area contributed by atoms with Crippen molar-refractivity contribution in [3.8, 4) is 0 Å². The number of amides is 2. The standard InChI is InChI=1S/C18H16N6O3S/c1-2-24-17(27)13-6-4-3-5-12(13)15(22-24)16(26)21-20-14(25)9-11-10-23-7-8-28-18(23)19-11/h3-8,10H,2,9H2,1H3,(H,20,25)(H,21,26). The number of nitrogens with one attached hydrogen (secondary N) is 2. The van der Waals surface area contributed by atoms with Crippen LogP contribution in [0.25, 0.3) is 15.7 Å². The van der Waals surface area contributed by atoms with Crippen LogP contribution in [0.15, 0.2) is 46.8 Å². The molecule has 0 aliphatic heterocycles. The van der Waals surface area contributed by atoms with Gasteiger partial charge in [-0.2, -0.15) is 5.10 Å². The number of hydrazine groups is 1. The van der Waals surface area contributed by atoms with Gasteiger partial charge in [0.25, 0.3) is 11.5 Å². The SMILES string of the molecule is CCn1nc(C(=O)NNC(=O)Cc2cn3ccsc3n2)c2ccccc2c1=O. The van der Waals surface area contributed by atoms with Crippen molar-refractivity contribution >= 4 is 38.9 Å². The Kier molecular flexibility index (Phi) is 4.62. The first kappa shape index (κ1) is 17.9. The average Bonchev–Trinajstić information content (AvgIpc) is 3.28. The Morgan fingerprint density at radius 2 is 1.96 bits per heavy atom. The summed E-state index contributed by atoms with van der Waals surface area (Å²) in [6.45, 7) is 2.09. The Bertz CT molecular complexity index is 1230. The summed E-state index contributed by atoms with van der Waals surface area (Å²) in [5.74, 6) is -1.01. The fourth-order valence-electron chi connectivity index (χ4n) is 2.87. The maximum Gasteiger partial charge on any atom is 0.290 e. The molecule has 1 aromatic carbocycles. The molecule has 0 unspecified atom stereocenters. The van der Waals surface area contributed by atoms with Gasteiger partial charge in [0.1, 0.15) is 0 Å². The van der Waals surface area contributed by atoms with E-state index >= 15 is 0 Å². The smallest absolute Gasteiger partial charge is 0.290 e. The minimum absolute atomic E-state index is 0.0251. The lowest BCUT2D eigenvalue weighted by molar-refractivity contribution is -0.121. The maximum atomic E-state index is 12.6. The highest BCUT2D eigenvalue weighted by Gasteiger charge is 2.17. The normalized spacial score (nSPS) is 11.0. The Balaban J connectivity index is 1.50. The van der Waals surface area contributed by atoms with Crippen LogP contribution in [0.5, 0.6) is 0 Å². The lowest BCUT2D eigenvalue weighted by Gasteiger charge is -2.10. The number of rotatable bonds is 4. The van der Waals surface area contributed by atoms with Crippen molar-refractivity contribution in [1.82, 2.24) is 30.0 Å². The zero-order chi connectivity index (χ0) is 19.7. The number of thiazole rings is 1. The van der Waals surface area contributed by atoms with Crippen molar-refractivity contribution in [2.75, 3.05) is 0 Å². The van der Waals surface area contributed by atoms with E-state index in [2.05, 4.69) is 20.9 Å². The van der Waals surface area contributed by atoms with Gasteiger partial charge in [0, 0.05) is 29.7 Å². The molecule has 4 rings (SSSR count). The molecule has 9 nitrogen and oxygen atoms in total. The highest BCUT2D eigenvalue weighted by Crippen LogP contribution is 2.13. The summed E-state index contributed by atoms with van der Waals surface area (Å²) < 4.78 is 3.05. The maximum absolute atomic E-state index is 12.6. The molecule has 0 atom stereocenters. The summed E-state index contributed by atoms with van der Waals surface area (Å²) in [7, 11) is 0. The predicted molar refractivity (Wildman–Crippen MR) is 104 cm³/mol. The van der Waals surface area contributed by atoms with Crippen LogP contribution in [-0.4, -0.2) is 31.0 Å². The van der Waals surface area contributed by atoms with Crippen LogP contribution in [0.4, 0.5) is 0 Å². The molecule has 0 saturated carbocycles. The Hall–Kier alpha value is -3.53. The van der Waals surface area contributed by atoms with E-state index in [1.807, 2.05) is 16.0 Å². The zero-order valence-corrected chi connectivity index (χ0v) is 15.7. The van der Waals surface area contributed by atoms with Gasteiger partial charge in [-0.25, -0.2) is 9.67 Å². The van der Waals surface area contributed by atoms with Crippen molar-refractivity contribution in [3.05, 3.63) is 63.8 Å². The minimum atomic E-state index is -0.599. The van der Waals surface area contributed by atoms with E-state index in [4.69, 9.17) is 0 Å². The Morgan fingerprint density at radius 1 is 1.18 bits per heavy atom. The molecule has 0 fully saturated rings. The fraction of sp³-hybridized carbons (Fsp3) is 0.167. The van der Waals surface area contributed by atoms with Gasteiger partial charge in [-0.3, -0.25) is 29.6 Å². The second-order valence-corrected chi connectivity index (χ2v) is 6.89. The van der Waals surface area contributed by atoms with E-state index in [9.17, 15) is 14.4 Å². The van der Waals surface area contributed by atoms with Crippen LogP contribution in [-0.2, 0) is 17.8 Å². The molecule has 28 heavy (non-hydrogen) atoms. The van der Waals surface area contributed by atoms with Gasteiger partial charge in [0.2, 0.25) is 5.91 Å². The van der Waals surface area contributed by atoms with Gasteiger partial charge in [0.15, 0.2) is 10.7 Å². The third-order valence-electron chi connectivity index (χ3n) is 4.18. The topological polar surface area (TPSA) is 110 Å². The second kappa shape index (κ2) is 7.24. The first-order valence-corrected chi connectivity index (χ1v) is 9.45. The van der Waals surface area contributed by atoms with Gasteiger partial charge in [0.05, 0.1) is 17.5 Å². The van der Waals surface area contributed by atoms with Crippen molar-refractivity contribution in [2.24, 2.45) is 0 Å². The van der Waals surface area contributed by atoms with Crippen molar-refractivity contribution < 1.29 is 9.59 Å². The van der Waals surface area contributed by atoms with Crippen molar-refractivity contribution in [3.63, 3.8) is 0 Å². The molecule has 0 aliphatic rings. The first-order chi connectivity index (χ1) is 13.6. The Morgan fingerprint density at radius 3 is 2.71 bits per heavy atom. The quantitative estimate of drug-likeness (QED) is 0.503. The monoisotopic (exact) mass is 396 g/mol. The molecule has 142 valence electrons. The zero-order valence-electron chi connectivity index (χ0n) is 14.9. The van der Waals surface area contributed by atoms with Crippen LogP contribution in [0.3, 0.4) is 0 Å². The lowest BCUT2D eigenvalue weighted by atomic mass is 10.1. The van der Waals surface area contributed by atoms with E-state index in [0.717, 1.165) is 4.96 Å². The summed E-state index contributed by atoms with van der Waals surface area (Å²) in [5.41, 5.74) is 5.13. The number of hydrogen-bond acceptors (Lipinski definition) is 6. The van der Waals surface area contributed by atoms with Gasteiger partial charge in [-0.05, 0) is 13.0 Å². The molecule has 2 amide bonds. The number of carbonyl (C=O) groups is 2.